The summed E-state index contributed by atoms with van der Waals surface area (Å²) in [5.41, 5.74) is 0. The minimum atomic E-state index is -3.93. The molecule has 1 atom stereocenters. The Morgan fingerprint density at radius 2 is 2.08 bits per heavy atom. The topological polar surface area (TPSA) is 83.8 Å². The van der Waals surface area contributed by atoms with Crippen LogP contribution in [0.1, 0.15) is 26.2 Å². The van der Waals surface area contributed by atoms with Gasteiger partial charge < -0.3 is 0 Å². The summed E-state index contributed by atoms with van der Waals surface area (Å²) in [7, 11) is -3.93. The first-order valence-electron chi connectivity index (χ1n) is 3.75. The molecule has 0 saturated carbocycles. The molecule has 0 aromatic rings. The molecule has 0 heterocycles. The lowest BCUT2D eigenvalue weighted by molar-refractivity contribution is -0.242. The minimum absolute atomic E-state index is 0.0893. The van der Waals surface area contributed by atoms with Gasteiger partial charge in [-0.3, -0.25) is 9.81 Å². The van der Waals surface area contributed by atoms with E-state index in [1.54, 1.807) is 6.92 Å². The van der Waals surface area contributed by atoms with Crippen molar-refractivity contribution >= 4 is 10.1 Å². The average molecular weight is 198 g/mol. The van der Waals surface area contributed by atoms with Crippen LogP contribution in [0.3, 0.4) is 0 Å². The van der Waals surface area contributed by atoms with Crippen molar-refractivity contribution in [1.82, 2.24) is 0 Å². The van der Waals surface area contributed by atoms with Crippen LogP contribution in [0.25, 0.3) is 0 Å². The summed E-state index contributed by atoms with van der Waals surface area (Å²) >= 11 is 0. The first-order chi connectivity index (χ1) is 5.52. The highest BCUT2D eigenvalue weighted by molar-refractivity contribution is 7.86. The Hall–Kier alpha value is -0.170. The number of hydrogen-bond acceptors (Lipinski definition) is 4. The van der Waals surface area contributed by atoms with E-state index in [0.29, 0.717) is 19.3 Å². The zero-order valence-electron chi connectivity index (χ0n) is 6.93. The maximum Gasteiger partial charge on any atom is 0.267 e. The SMILES string of the molecule is CCC(CCCOO)S(=O)(=O)O. The van der Waals surface area contributed by atoms with Gasteiger partial charge in [-0.15, -0.1) is 0 Å². The monoisotopic (exact) mass is 198 g/mol. The van der Waals surface area contributed by atoms with E-state index >= 15 is 0 Å². The smallest absolute Gasteiger partial charge is 0.267 e. The van der Waals surface area contributed by atoms with Gasteiger partial charge in [-0.2, -0.15) is 8.42 Å². The molecule has 12 heavy (non-hydrogen) atoms. The molecule has 0 spiro atoms. The highest BCUT2D eigenvalue weighted by atomic mass is 32.2. The lowest BCUT2D eigenvalue weighted by Gasteiger charge is -2.09. The first-order valence-corrected chi connectivity index (χ1v) is 5.25. The normalized spacial score (nSPS) is 14.6. The Balaban J connectivity index is 3.85. The summed E-state index contributed by atoms with van der Waals surface area (Å²) in [5.74, 6) is 0. The van der Waals surface area contributed by atoms with Crippen LogP contribution < -0.4 is 0 Å². The van der Waals surface area contributed by atoms with Crippen molar-refractivity contribution in [3.8, 4) is 0 Å². The molecule has 0 rings (SSSR count). The summed E-state index contributed by atoms with van der Waals surface area (Å²) in [6.07, 6.45) is 1.08. The largest absolute Gasteiger partial charge is 0.285 e. The van der Waals surface area contributed by atoms with E-state index in [1.165, 1.54) is 0 Å². The van der Waals surface area contributed by atoms with Crippen LogP contribution in [0, 0.1) is 0 Å². The number of hydrogen-bond donors (Lipinski definition) is 2. The number of rotatable bonds is 6. The summed E-state index contributed by atoms with van der Waals surface area (Å²) in [5, 5.41) is 7.20. The van der Waals surface area contributed by atoms with E-state index in [-0.39, 0.29) is 6.61 Å². The van der Waals surface area contributed by atoms with E-state index < -0.39 is 15.4 Å². The first kappa shape index (κ1) is 11.8. The Kier molecular flexibility index (Phi) is 5.39. The van der Waals surface area contributed by atoms with Crippen LogP contribution in [-0.2, 0) is 15.0 Å². The lowest BCUT2D eigenvalue weighted by atomic mass is 10.2. The van der Waals surface area contributed by atoms with Crippen LogP contribution in [0.2, 0.25) is 0 Å². The maximum absolute atomic E-state index is 10.6. The van der Waals surface area contributed by atoms with Crippen molar-refractivity contribution in [3.63, 3.8) is 0 Å². The predicted octanol–water partition coefficient (Wildman–Crippen LogP) is 0.923. The van der Waals surface area contributed by atoms with E-state index in [0.717, 1.165) is 0 Å². The fraction of sp³-hybridized carbons (Fsp3) is 1.00. The molecule has 0 fully saturated rings. The highest BCUT2D eigenvalue weighted by Crippen LogP contribution is 2.10. The lowest BCUT2D eigenvalue weighted by Crippen LogP contribution is -2.19. The van der Waals surface area contributed by atoms with Gasteiger partial charge in [0.05, 0.1) is 11.9 Å². The summed E-state index contributed by atoms with van der Waals surface area (Å²) in [6, 6.07) is 0. The van der Waals surface area contributed by atoms with Gasteiger partial charge in [-0.05, 0) is 19.3 Å². The van der Waals surface area contributed by atoms with Gasteiger partial charge in [0.25, 0.3) is 10.1 Å². The van der Waals surface area contributed by atoms with Gasteiger partial charge >= 0.3 is 0 Å². The maximum atomic E-state index is 10.6. The standard InChI is InChI=1S/C6H14O5S/c1-2-6(12(8,9)10)4-3-5-11-7/h6-7H,2-5H2,1H3,(H,8,9,10). The van der Waals surface area contributed by atoms with Crippen LogP contribution in [-0.4, -0.2) is 30.1 Å². The molecule has 0 aliphatic carbocycles. The van der Waals surface area contributed by atoms with Gasteiger partial charge in [-0.25, -0.2) is 4.89 Å². The summed E-state index contributed by atoms with van der Waals surface area (Å²) in [4.78, 5) is 3.77. The van der Waals surface area contributed by atoms with Crippen LogP contribution >= 0.6 is 0 Å². The fourth-order valence-corrected chi connectivity index (χ4v) is 1.82. The third kappa shape index (κ3) is 4.66. The van der Waals surface area contributed by atoms with Crippen molar-refractivity contribution in [2.45, 2.75) is 31.4 Å². The molecule has 0 bridgehead atoms. The Bertz CT molecular complexity index is 198. The molecular weight excluding hydrogens is 184 g/mol. The summed E-state index contributed by atoms with van der Waals surface area (Å²) in [6.45, 7) is 1.77. The third-order valence-electron chi connectivity index (χ3n) is 1.64. The molecule has 0 radical (unpaired) electrons. The Morgan fingerprint density at radius 1 is 1.50 bits per heavy atom. The molecule has 0 aromatic heterocycles. The molecule has 6 heteroatoms. The molecule has 0 saturated heterocycles. The Labute approximate surface area is 72.0 Å². The zero-order valence-corrected chi connectivity index (χ0v) is 7.75. The molecular formula is C6H14O5S. The fourth-order valence-electron chi connectivity index (χ4n) is 0.939. The van der Waals surface area contributed by atoms with Gasteiger partial charge in [0.15, 0.2) is 0 Å². The van der Waals surface area contributed by atoms with E-state index in [1.807, 2.05) is 0 Å². The van der Waals surface area contributed by atoms with Crippen molar-refractivity contribution in [1.29, 1.82) is 0 Å². The molecule has 74 valence electrons. The molecule has 2 N–H and O–H groups in total. The molecule has 0 aliphatic heterocycles. The van der Waals surface area contributed by atoms with Crippen LogP contribution in [0.4, 0.5) is 0 Å². The molecule has 0 amide bonds. The van der Waals surface area contributed by atoms with Gasteiger partial charge in [0, 0.05) is 0 Å². The Morgan fingerprint density at radius 3 is 2.42 bits per heavy atom. The second-order valence-corrected chi connectivity index (χ2v) is 4.22. The second-order valence-electron chi connectivity index (χ2n) is 2.52. The van der Waals surface area contributed by atoms with Crippen molar-refractivity contribution < 1.29 is 23.1 Å². The van der Waals surface area contributed by atoms with Crippen LogP contribution in [0.5, 0.6) is 0 Å². The van der Waals surface area contributed by atoms with Crippen molar-refractivity contribution in [3.05, 3.63) is 0 Å². The second kappa shape index (κ2) is 5.47. The van der Waals surface area contributed by atoms with Crippen LogP contribution in [0.15, 0.2) is 0 Å². The average Bonchev–Trinajstić information content (AvgIpc) is 1.95. The van der Waals surface area contributed by atoms with E-state index in [9.17, 15) is 8.42 Å². The molecule has 0 aliphatic rings. The summed E-state index contributed by atoms with van der Waals surface area (Å²) < 4.78 is 29.9. The van der Waals surface area contributed by atoms with E-state index in [2.05, 4.69) is 4.89 Å². The predicted molar refractivity (Wildman–Crippen MR) is 43.4 cm³/mol. The van der Waals surface area contributed by atoms with Crippen molar-refractivity contribution in [2.75, 3.05) is 6.61 Å². The van der Waals surface area contributed by atoms with Gasteiger partial charge in [-0.1, -0.05) is 6.92 Å². The van der Waals surface area contributed by atoms with E-state index in [4.69, 9.17) is 9.81 Å². The zero-order chi connectivity index (χ0) is 9.61. The van der Waals surface area contributed by atoms with Gasteiger partial charge in [0.1, 0.15) is 0 Å². The quantitative estimate of drug-likeness (QED) is 0.287. The van der Waals surface area contributed by atoms with Gasteiger partial charge in [0.2, 0.25) is 0 Å². The highest BCUT2D eigenvalue weighted by Gasteiger charge is 2.19. The third-order valence-corrected chi connectivity index (χ3v) is 3.05. The van der Waals surface area contributed by atoms with Crippen molar-refractivity contribution in [2.24, 2.45) is 0 Å². The molecule has 0 aromatic carbocycles. The molecule has 5 nitrogen and oxygen atoms in total. The minimum Gasteiger partial charge on any atom is -0.285 e. The molecule has 1 unspecified atom stereocenters.